The fourth-order valence-electron chi connectivity index (χ4n) is 2.30. The third-order valence-corrected chi connectivity index (χ3v) is 3.58. The second-order valence-corrected chi connectivity index (χ2v) is 5.11. The van der Waals surface area contributed by atoms with Gasteiger partial charge in [-0.25, -0.2) is 0 Å². The van der Waals surface area contributed by atoms with Crippen LogP contribution in [-0.4, -0.2) is 31.2 Å². The first-order chi connectivity index (χ1) is 9.55. The van der Waals surface area contributed by atoms with E-state index < -0.39 is 5.54 Å². The summed E-state index contributed by atoms with van der Waals surface area (Å²) in [5.74, 6) is -0.656. The van der Waals surface area contributed by atoms with Crippen molar-refractivity contribution < 1.29 is 19.1 Å². The van der Waals surface area contributed by atoms with E-state index >= 15 is 0 Å². The average Bonchev–Trinajstić information content (AvgIpc) is 2.49. The van der Waals surface area contributed by atoms with Crippen molar-refractivity contribution in [1.29, 1.82) is 0 Å². The molecule has 1 heterocycles. The van der Waals surface area contributed by atoms with Crippen LogP contribution in [-0.2, 0) is 19.1 Å². The van der Waals surface area contributed by atoms with Gasteiger partial charge >= 0.3 is 11.9 Å². The molecule has 20 heavy (non-hydrogen) atoms. The van der Waals surface area contributed by atoms with Crippen LogP contribution in [0.15, 0.2) is 30.3 Å². The van der Waals surface area contributed by atoms with E-state index in [4.69, 9.17) is 4.74 Å². The number of nitrogens with one attached hydrogen (secondary N) is 1. The zero-order valence-electron chi connectivity index (χ0n) is 11.7. The molecule has 1 aromatic rings. The van der Waals surface area contributed by atoms with E-state index in [1.165, 1.54) is 7.11 Å². The van der Waals surface area contributed by atoms with Gasteiger partial charge in [-0.05, 0) is 18.9 Å². The van der Waals surface area contributed by atoms with E-state index in [9.17, 15) is 9.59 Å². The fraction of sp³-hybridized carbons (Fsp3) is 0.467. The minimum Gasteiger partial charge on any atom is -0.469 e. The van der Waals surface area contributed by atoms with Crippen molar-refractivity contribution in [2.45, 2.75) is 31.3 Å². The van der Waals surface area contributed by atoms with Gasteiger partial charge < -0.3 is 9.47 Å². The van der Waals surface area contributed by atoms with Crippen LogP contribution in [0.4, 0.5) is 0 Å². The molecule has 5 nitrogen and oxygen atoms in total. The number of methoxy groups -OCH3 is 1. The number of carbonyl (C=O) groups is 2. The molecule has 2 atom stereocenters. The molecule has 1 saturated heterocycles. The van der Waals surface area contributed by atoms with Crippen molar-refractivity contribution in [2.75, 3.05) is 13.7 Å². The summed E-state index contributed by atoms with van der Waals surface area (Å²) in [5.41, 5.74) is 0.191. The highest BCUT2D eigenvalue weighted by Crippen LogP contribution is 2.26. The first-order valence-corrected chi connectivity index (χ1v) is 6.62. The van der Waals surface area contributed by atoms with Crippen molar-refractivity contribution in [3.8, 4) is 0 Å². The van der Waals surface area contributed by atoms with Gasteiger partial charge in [0.1, 0.15) is 12.1 Å². The van der Waals surface area contributed by atoms with Crippen molar-refractivity contribution in [3.05, 3.63) is 35.9 Å². The molecule has 1 N–H and O–H groups in total. The number of esters is 2. The van der Waals surface area contributed by atoms with Gasteiger partial charge in [0.2, 0.25) is 0 Å². The van der Waals surface area contributed by atoms with Gasteiger partial charge in [-0.1, -0.05) is 30.3 Å². The van der Waals surface area contributed by atoms with E-state index in [-0.39, 0.29) is 24.4 Å². The largest absolute Gasteiger partial charge is 0.469 e. The van der Waals surface area contributed by atoms with Crippen LogP contribution in [0.3, 0.4) is 0 Å². The SMILES string of the molecule is COC(=O)CC[C@]1(C)N[C@@H](c2ccccc2)COC1=O. The first kappa shape index (κ1) is 14.5. The van der Waals surface area contributed by atoms with E-state index in [0.29, 0.717) is 13.0 Å². The topological polar surface area (TPSA) is 64.6 Å². The monoisotopic (exact) mass is 277 g/mol. The highest BCUT2D eigenvalue weighted by Gasteiger charge is 2.41. The number of benzene rings is 1. The molecule has 5 heteroatoms. The molecule has 1 aliphatic heterocycles. The Morgan fingerprint density at radius 2 is 2.15 bits per heavy atom. The molecular formula is C15H19NO4. The summed E-state index contributed by atoms with van der Waals surface area (Å²) in [6.07, 6.45) is 0.526. The third kappa shape index (κ3) is 3.17. The van der Waals surface area contributed by atoms with E-state index in [2.05, 4.69) is 10.1 Å². The zero-order chi connectivity index (χ0) is 14.6. The maximum absolute atomic E-state index is 12.0. The minimum atomic E-state index is -0.868. The van der Waals surface area contributed by atoms with Crippen molar-refractivity contribution in [1.82, 2.24) is 5.32 Å². The number of morpholine rings is 1. The van der Waals surface area contributed by atoms with Crippen LogP contribution in [0, 0.1) is 0 Å². The van der Waals surface area contributed by atoms with E-state index in [1.807, 2.05) is 30.3 Å². The summed E-state index contributed by atoms with van der Waals surface area (Å²) in [6, 6.07) is 9.74. The van der Waals surface area contributed by atoms with Crippen LogP contribution in [0.5, 0.6) is 0 Å². The highest BCUT2D eigenvalue weighted by molar-refractivity contribution is 5.82. The summed E-state index contributed by atoms with van der Waals surface area (Å²) in [4.78, 5) is 23.2. The van der Waals surface area contributed by atoms with E-state index in [0.717, 1.165) is 5.56 Å². The third-order valence-electron chi connectivity index (χ3n) is 3.58. The Hall–Kier alpha value is -1.88. The zero-order valence-corrected chi connectivity index (χ0v) is 11.7. The lowest BCUT2D eigenvalue weighted by molar-refractivity contribution is -0.159. The predicted molar refractivity (Wildman–Crippen MR) is 72.9 cm³/mol. The van der Waals surface area contributed by atoms with Crippen molar-refractivity contribution >= 4 is 11.9 Å². The lowest BCUT2D eigenvalue weighted by Gasteiger charge is -2.38. The molecular weight excluding hydrogens is 258 g/mol. The van der Waals surface area contributed by atoms with Crippen LogP contribution in [0.2, 0.25) is 0 Å². The number of carbonyl (C=O) groups excluding carboxylic acids is 2. The van der Waals surface area contributed by atoms with Gasteiger partial charge in [0, 0.05) is 6.42 Å². The molecule has 0 bridgehead atoms. The van der Waals surface area contributed by atoms with Gasteiger partial charge in [-0.15, -0.1) is 0 Å². The maximum Gasteiger partial charge on any atom is 0.326 e. The number of rotatable bonds is 4. The molecule has 2 rings (SSSR count). The number of cyclic esters (lactones) is 1. The summed E-state index contributed by atoms with van der Waals surface area (Å²) in [6.45, 7) is 2.06. The number of ether oxygens (including phenoxy) is 2. The standard InChI is InChI=1S/C15H19NO4/c1-15(9-8-13(17)19-2)14(18)20-10-12(16-15)11-6-4-3-5-7-11/h3-7,12,16H,8-10H2,1-2H3/t12-,15+/m1/s1. The van der Waals surface area contributed by atoms with Gasteiger partial charge in [0.15, 0.2) is 0 Å². The summed E-state index contributed by atoms with van der Waals surface area (Å²) in [5, 5.41) is 3.29. The Labute approximate surface area is 118 Å². The second kappa shape index (κ2) is 6.05. The summed E-state index contributed by atoms with van der Waals surface area (Å²) in [7, 11) is 1.34. The summed E-state index contributed by atoms with van der Waals surface area (Å²) >= 11 is 0. The summed E-state index contributed by atoms with van der Waals surface area (Å²) < 4.78 is 9.89. The molecule has 0 aromatic heterocycles. The van der Waals surface area contributed by atoms with Crippen LogP contribution >= 0.6 is 0 Å². The minimum absolute atomic E-state index is 0.0588. The maximum atomic E-state index is 12.0. The average molecular weight is 277 g/mol. The number of hydrogen-bond donors (Lipinski definition) is 1. The Bertz CT molecular complexity index is 488. The van der Waals surface area contributed by atoms with Crippen molar-refractivity contribution in [2.24, 2.45) is 0 Å². The Balaban J connectivity index is 2.07. The van der Waals surface area contributed by atoms with Crippen LogP contribution in [0.25, 0.3) is 0 Å². The highest BCUT2D eigenvalue weighted by atomic mass is 16.5. The normalized spacial score (nSPS) is 25.9. The van der Waals surface area contributed by atoms with Gasteiger partial charge in [-0.3, -0.25) is 14.9 Å². The quantitative estimate of drug-likeness (QED) is 0.847. The molecule has 0 unspecified atom stereocenters. The fourth-order valence-corrected chi connectivity index (χ4v) is 2.30. The Morgan fingerprint density at radius 3 is 2.80 bits per heavy atom. The molecule has 0 saturated carbocycles. The smallest absolute Gasteiger partial charge is 0.326 e. The van der Waals surface area contributed by atoms with Crippen LogP contribution in [0.1, 0.15) is 31.4 Å². The van der Waals surface area contributed by atoms with E-state index in [1.54, 1.807) is 6.92 Å². The molecule has 1 fully saturated rings. The molecule has 0 radical (unpaired) electrons. The lowest BCUT2D eigenvalue weighted by Crippen LogP contribution is -2.57. The van der Waals surface area contributed by atoms with Gasteiger partial charge in [0.25, 0.3) is 0 Å². The van der Waals surface area contributed by atoms with Crippen LogP contribution < -0.4 is 5.32 Å². The van der Waals surface area contributed by atoms with Gasteiger partial charge in [-0.2, -0.15) is 0 Å². The molecule has 0 aliphatic carbocycles. The second-order valence-electron chi connectivity index (χ2n) is 5.11. The number of hydrogen-bond acceptors (Lipinski definition) is 5. The Morgan fingerprint density at radius 1 is 1.45 bits per heavy atom. The molecule has 0 spiro atoms. The van der Waals surface area contributed by atoms with Crippen molar-refractivity contribution in [3.63, 3.8) is 0 Å². The predicted octanol–water partition coefficient (Wildman–Crippen LogP) is 1.59. The first-order valence-electron chi connectivity index (χ1n) is 6.62. The molecule has 108 valence electrons. The molecule has 1 aliphatic rings. The van der Waals surface area contributed by atoms with Gasteiger partial charge in [0.05, 0.1) is 13.2 Å². The lowest BCUT2D eigenvalue weighted by atomic mass is 9.91. The molecule has 1 aromatic carbocycles. The molecule has 0 amide bonds. The Kier molecular flexibility index (Phi) is 4.39.